The van der Waals surface area contributed by atoms with E-state index in [9.17, 15) is 14.4 Å². The Labute approximate surface area is 121 Å². The van der Waals surface area contributed by atoms with E-state index in [1.807, 2.05) is 38.1 Å². The lowest BCUT2D eigenvalue weighted by atomic mass is 9.96. The molecule has 1 heterocycles. The zero-order valence-corrected chi connectivity index (χ0v) is 11.9. The Morgan fingerprint density at radius 3 is 2.62 bits per heavy atom. The van der Waals surface area contributed by atoms with Crippen molar-refractivity contribution in [2.45, 2.75) is 26.3 Å². The van der Waals surface area contributed by atoms with Gasteiger partial charge in [0.15, 0.2) is 0 Å². The van der Waals surface area contributed by atoms with Crippen LogP contribution in [0.2, 0.25) is 0 Å². The van der Waals surface area contributed by atoms with Gasteiger partial charge in [0, 0.05) is 11.8 Å². The first kappa shape index (κ1) is 14.8. The fraction of sp³-hybridized carbons (Fsp3) is 0.267. The number of H-pyrrole nitrogens is 2. The van der Waals surface area contributed by atoms with Crippen LogP contribution in [0.3, 0.4) is 0 Å². The van der Waals surface area contributed by atoms with Crippen LogP contribution < -0.4 is 16.6 Å². The van der Waals surface area contributed by atoms with Crippen molar-refractivity contribution in [1.29, 1.82) is 0 Å². The summed E-state index contributed by atoms with van der Waals surface area (Å²) in [5.41, 5.74) is 1.29. The van der Waals surface area contributed by atoms with Crippen LogP contribution in [-0.2, 0) is 11.3 Å². The van der Waals surface area contributed by atoms with Gasteiger partial charge in [0.25, 0.3) is 5.56 Å². The molecule has 2 aromatic rings. The van der Waals surface area contributed by atoms with Gasteiger partial charge in [-0.1, -0.05) is 24.3 Å². The number of aromatic amines is 2. The molecular weight excluding hydrogens is 270 g/mol. The highest BCUT2D eigenvalue weighted by molar-refractivity contribution is 5.83. The molecule has 6 nitrogen and oxygen atoms in total. The Kier molecular flexibility index (Phi) is 4.37. The molecule has 0 aliphatic rings. The summed E-state index contributed by atoms with van der Waals surface area (Å²) in [5.74, 6) is -0.467. The first-order valence-electron chi connectivity index (χ1n) is 6.63. The Bertz CT molecular complexity index is 733. The summed E-state index contributed by atoms with van der Waals surface area (Å²) >= 11 is 0. The molecule has 0 radical (unpaired) electrons. The van der Waals surface area contributed by atoms with Crippen molar-refractivity contribution >= 4 is 5.91 Å². The van der Waals surface area contributed by atoms with Crippen LogP contribution >= 0.6 is 0 Å². The number of nitrogens with one attached hydrogen (secondary N) is 3. The van der Waals surface area contributed by atoms with Gasteiger partial charge in [-0.3, -0.25) is 14.6 Å². The molecule has 0 saturated carbocycles. The summed E-state index contributed by atoms with van der Waals surface area (Å²) in [4.78, 5) is 39.0. The van der Waals surface area contributed by atoms with E-state index in [1.165, 1.54) is 6.07 Å². The van der Waals surface area contributed by atoms with Gasteiger partial charge in [-0.25, -0.2) is 4.79 Å². The second-order valence-corrected chi connectivity index (χ2v) is 4.91. The Balaban J connectivity index is 2.06. The van der Waals surface area contributed by atoms with Crippen molar-refractivity contribution in [2.24, 2.45) is 0 Å². The molecule has 0 bridgehead atoms. The molecule has 1 aromatic carbocycles. The number of aryl methyl sites for hydroxylation is 1. The predicted molar refractivity (Wildman–Crippen MR) is 79.1 cm³/mol. The Hall–Kier alpha value is -2.63. The van der Waals surface area contributed by atoms with Crippen LogP contribution in [0.4, 0.5) is 0 Å². The molecule has 3 N–H and O–H groups in total. The van der Waals surface area contributed by atoms with Crippen LogP contribution in [0.15, 0.2) is 39.9 Å². The number of carbonyl (C=O) groups is 1. The highest BCUT2D eigenvalue weighted by Gasteiger charge is 2.16. The van der Waals surface area contributed by atoms with Gasteiger partial charge < -0.3 is 10.3 Å². The number of benzene rings is 1. The van der Waals surface area contributed by atoms with Gasteiger partial charge in [-0.05, 0) is 25.0 Å². The lowest BCUT2D eigenvalue weighted by molar-refractivity contribution is -0.122. The summed E-state index contributed by atoms with van der Waals surface area (Å²) < 4.78 is 0. The standard InChI is InChI=1S/C15H17N3O3/c1-9-5-3-4-6-12(9)10(2)14(20)16-8-11-7-13(19)18-15(21)17-11/h3-7,10H,8H2,1-2H3,(H,16,20)(H2,17,18,19,21). The van der Waals surface area contributed by atoms with E-state index >= 15 is 0 Å². The third-order valence-corrected chi connectivity index (χ3v) is 3.32. The third kappa shape index (κ3) is 3.68. The average molecular weight is 287 g/mol. The van der Waals surface area contributed by atoms with E-state index in [2.05, 4.69) is 15.3 Å². The summed E-state index contributed by atoms with van der Waals surface area (Å²) in [6.45, 7) is 3.87. The van der Waals surface area contributed by atoms with Gasteiger partial charge in [-0.15, -0.1) is 0 Å². The molecule has 110 valence electrons. The summed E-state index contributed by atoms with van der Waals surface area (Å²) in [6.07, 6.45) is 0. The molecule has 0 spiro atoms. The van der Waals surface area contributed by atoms with E-state index in [-0.39, 0.29) is 18.4 Å². The quantitative estimate of drug-likeness (QED) is 0.776. The van der Waals surface area contributed by atoms with E-state index in [4.69, 9.17) is 0 Å². The molecule has 1 unspecified atom stereocenters. The zero-order chi connectivity index (χ0) is 15.4. The third-order valence-electron chi connectivity index (χ3n) is 3.32. The topological polar surface area (TPSA) is 94.8 Å². The van der Waals surface area contributed by atoms with Gasteiger partial charge in [0.1, 0.15) is 0 Å². The largest absolute Gasteiger partial charge is 0.350 e. The highest BCUT2D eigenvalue weighted by atomic mass is 16.2. The van der Waals surface area contributed by atoms with Crippen molar-refractivity contribution in [3.63, 3.8) is 0 Å². The monoisotopic (exact) mass is 287 g/mol. The summed E-state index contributed by atoms with van der Waals surface area (Å²) in [6, 6.07) is 8.92. The summed E-state index contributed by atoms with van der Waals surface area (Å²) in [7, 11) is 0. The molecule has 1 atom stereocenters. The molecule has 0 saturated heterocycles. The minimum Gasteiger partial charge on any atom is -0.350 e. The fourth-order valence-corrected chi connectivity index (χ4v) is 2.16. The zero-order valence-electron chi connectivity index (χ0n) is 11.9. The van der Waals surface area contributed by atoms with Crippen molar-refractivity contribution in [3.05, 3.63) is 68.0 Å². The highest BCUT2D eigenvalue weighted by Crippen LogP contribution is 2.19. The van der Waals surface area contributed by atoms with Gasteiger partial charge in [-0.2, -0.15) is 0 Å². The number of hydrogen-bond acceptors (Lipinski definition) is 3. The minimum absolute atomic E-state index is 0.105. The van der Waals surface area contributed by atoms with Crippen LogP contribution in [0, 0.1) is 6.92 Å². The molecule has 0 aliphatic heterocycles. The second-order valence-electron chi connectivity index (χ2n) is 4.91. The Morgan fingerprint density at radius 2 is 1.95 bits per heavy atom. The van der Waals surface area contributed by atoms with Gasteiger partial charge in [0.05, 0.1) is 12.5 Å². The first-order chi connectivity index (χ1) is 9.97. The SMILES string of the molecule is Cc1ccccc1C(C)C(=O)NCc1cc(=O)[nH]c(=O)[nH]1. The lowest BCUT2D eigenvalue weighted by Gasteiger charge is -2.14. The van der Waals surface area contributed by atoms with Crippen molar-refractivity contribution in [3.8, 4) is 0 Å². The van der Waals surface area contributed by atoms with Crippen molar-refractivity contribution in [2.75, 3.05) is 0 Å². The number of hydrogen-bond donors (Lipinski definition) is 3. The number of amides is 1. The van der Waals surface area contributed by atoms with E-state index in [0.29, 0.717) is 5.69 Å². The van der Waals surface area contributed by atoms with Gasteiger partial charge in [0.2, 0.25) is 5.91 Å². The molecule has 21 heavy (non-hydrogen) atoms. The molecule has 0 aliphatic carbocycles. The number of aromatic nitrogens is 2. The maximum absolute atomic E-state index is 12.1. The van der Waals surface area contributed by atoms with Crippen molar-refractivity contribution < 1.29 is 4.79 Å². The first-order valence-corrected chi connectivity index (χ1v) is 6.63. The normalized spacial score (nSPS) is 11.9. The number of carbonyl (C=O) groups excluding carboxylic acids is 1. The van der Waals surface area contributed by atoms with Crippen LogP contribution in [0.25, 0.3) is 0 Å². The molecule has 1 amide bonds. The molecule has 2 rings (SSSR count). The fourth-order valence-electron chi connectivity index (χ4n) is 2.16. The molecule has 1 aromatic heterocycles. The number of rotatable bonds is 4. The average Bonchev–Trinajstić information content (AvgIpc) is 2.43. The van der Waals surface area contributed by atoms with Crippen molar-refractivity contribution in [1.82, 2.24) is 15.3 Å². The van der Waals surface area contributed by atoms with Crippen LogP contribution in [0.5, 0.6) is 0 Å². The van der Waals surface area contributed by atoms with Crippen LogP contribution in [-0.4, -0.2) is 15.9 Å². The maximum atomic E-state index is 12.1. The predicted octanol–water partition coefficient (Wildman–Crippen LogP) is 0.792. The lowest BCUT2D eigenvalue weighted by Crippen LogP contribution is -2.31. The van der Waals surface area contributed by atoms with E-state index < -0.39 is 11.2 Å². The second kappa shape index (κ2) is 6.21. The van der Waals surface area contributed by atoms with E-state index in [1.54, 1.807) is 0 Å². The Morgan fingerprint density at radius 1 is 1.24 bits per heavy atom. The van der Waals surface area contributed by atoms with Crippen LogP contribution in [0.1, 0.15) is 29.7 Å². The van der Waals surface area contributed by atoms with E-state index in [0.717, 1.165) is 11.1 Å². The van der Waals surface area contributed by atoms with Gasteiger partial charge >= 0.3 is 5.69 Å². The molecule has 0 fully saturated rings. The molecular formula is C15H17N3O3. The molecule has 6 heteroatoms. The maximum Gasteiger partial charge on any atom is 0.325 e. The smallest absolute Gasteiger partial charge is 0.325 e. The summed E-state index contributed by atoms with van der Waals surface area (Å²) in [5, 5.41) is 2.72. The minimum atomic E-state index is -0.585.